The Morgan fingerprint density at radius 3 is 2.62 bits per heavy atom. The van der Waals surface area contributed by atoms with Gasteiger partial charge in [-0.3, -0.25) is 4.39 Å². The van der Waals surface area contributed by atoms with E-state index < -0.39 is 0 Å². The molecule has 0 aromatic heterocycles. The quantitative estimate of drug-likeness (QED) is 0.790. The summed E-state index contributed by atoms with van der Waals surface area (Å²) in [6, 6.07) is 8.82. The molecule has 0 spiro atoms. The van der Waals surface area contributed by atoms with Gasteiger partial charge in [-0.1, -0.05) is 0 Å². The highest BCUT2D eigenvalue weighted by atomic mass is 19.1. The van der Waals surface area contributed by atoms with Crippen LogP contribution in [0.3, 0.4) is 0 Å². The summed E-state index contributed by atoms with van der Waals surface area (Å²) in [5.41, 5.74) is 7.62. The van der Waals surface area contributed by atoms with E-state index in [0.717, 1.165) is 18.7 Å². The number of fused-ring (bicyclic) bond motifs is 1. The van der Waals surface area contributed by atoms with Crippen molar-refractivity contribution in [3.8, 4) is 0 Å². The number of hydrogen-bond donors (Lipinski definition) is 1. The number of nitrogens with two attached hydrogens (primary N) is 1. The molecule has 3 fully saturated rings. The van der Waals surface area contributed by atoms with Crippen LogP contribution < -0.4 is 10.7 Å². The molecule has 3 saturated heterocycles. The van der Waals surface area contributed by atoms with Crippen molar-refractivity contribution in [1.82, 2.24) is 5.01 Å². The Morgan fingerprint density at radius 1 is 1.31 bits per heavy atom. The van der Waals surface area contributed by atoms with Crippen LogP contribution in [0, 0.1) is 0 Å². The van der Waals surface area contributed by atoms with E-state index >= 15 is 0 Å². The fourth-order valence-electron chi connectivity index (χ4n) is 2.91. The molecule has 1 aromatic rings. The Balaban J connectivity index is 1.77. The highest BCUT2D eigenvalue weighted by molar-refractivity contribution is 5.55. The first-order valence-corrected chi connectivity index (χ1v) is 5.78. The number of rotatable bonds is 3. The molecule has 3 aliphatic rings. The van der Waals surface area contributed by atoms with E-state index in [1.807, 2.05) is 24.3 Å². The van der Waals surface area contributed by atoms with Gasteiger partial charge >= 0.3 is 0 Å². The summed E-state index contributed by atoms with van der Waals surface area (Å²) < 4.78 is 12.4. The van der Waals surface area contributed by atoms with E-state index in [9.17, 15) is 4.39 Å². The molecule has 3 heterocycles. The molecular weight excluding hydrogens is 205 g/mol. The van der Waals surface area contributed by atoms with E-state index in [0.29, 0.717) is 18.5 Å². The molecule has 4 heteroatoms. The molecule has 0 aliphatic carbocycles. The van der Waals surface area contributed by atoms with Crippen LogP contribution in [0.2, 0.25) is 0 Å². The lowest BCUT2D eigenvalue weighted by Gasteiger charge is -2.51. The molecule has 1 unspecified atom stereocenters. The number of nitrogens with zero attached hydrogens (tertiary/aromatic N) is 2. The summed E-state index contributed by atoms with van der Waals surface area (Å²) in [7, 11) is 0. The zero-order valence-corrected chi connectivity index (χ0v) is 9.14. The molecule has 3 aliphatic heterocycles. The predicted octanol–water partition coefficient (Wildman–Crippen LogP) is 1.81. The number of nitrogen functional groups attached to an aromatic ring is 1. The van der Waals surface area contributed by atoms with Crippen LogP contribution in [0.25, 0.3) is 0 Å². The van der Waals surface area contributed by atoms with Crippen LogP contribution >= 0.6 is 0 Å². The van der Waals surface area contributed by atoms with Crippen LogP contribution in [-0.4, -0.2) is 30.3 Å². The highest BCUT2D eigenvalue weighted by Gasteiger charge is 2.51. The number of hydrogen-bond acceptors (Lipinski definition) is 3. The van der Waals surface area contributed by atoms with E-state index in [4.69, 9.17) is 5.73 Å². The van der Waals surface area contributed by atoms with Gasteiger partial charge in [0, 0.05) is 12.2 Å². The van der Waals surface area contributed by atoms with E-state index in [-0.39, 0.29) is 6.67 Å². The lowest BCUT2D eigenvalue weighted by molar-refractivity contribution is 0.101. The summed E-state index contributed by atoms with van der Waals surface area (Å²) in [6.07, 6.45) is 1.81. The molecule has 0 radical (unpaired) electrons. The molecule has 0 amide bonds. The number of hydrazine groups is 1. The van der Waals surface area contributed by atoms with Crippen LogP contribution in [-0.2, 0) is 0 Å². The molecule has 2 bridgehead atoms. The van der Waals surface area contributed by atoms with Crippen molar-refractivity contribution in [1.29, 1.82) is 0 Å². The van der Waals surface area contributed by atoms with Gasteiger partial charge in [-0.05, 0) is 37.1 Å². The van der Waals surface area contributed by atoms with E-state index in [2.05, 4.69) is 10.0 Å². The number of anilines is 2. The second kappa shape index (κ2) is 3.63. The number of benzene rings is 1. The van der Waals surface area contributed by atoms with Gasteiger partial charge in [-0.2, -0.15) is 0 Å². The molecule has 2 N–H and O–H groups in total. The minimum Gasteiger partial charge on any atom is -0.399 e. The third-order valence-corrected chi connectivity index (χ3v) is 3.63. The molecule has 86 valence electrons. The third kappa shape index (κ3) is 1.29. The molecule has 0 saturated carbocycles. The first-order valence-electron chi connectivity index (χ1n) is 5.78. The van der Waals surface area contributed by atoms with Gasteiger partial charge in [0.1, 0.15) is 0 Å². The summed E-state index contributed by atoms with van der Waals surface area (Å²) >= 11 is 0. The normalized spacial score (nSPS) is 31.6. The van der Waals surface area contributed by atoms with Gasteiger partial charge in [0.25, 0.3) is 0 Å². The van der Waals surface area contributed by atoms with Gasteiger partial charge in [-0.25, -0.2) is 5.01 Å². The first kappa shape index (κ1) is 9.90. The Hall–Kier alpha value is -1.29. The fourth-order valence-corrected chi connectivity index (χ4v) is 2.91. The average molecular weight is 221 g/mol. The van der Waals surface area contributed by atoms with E-state index in [1.165, 1.54) is 5.69 Å². The maximum atomic E-state index is 12.4. The zero-order chi connectivity index (χ0) is 11.1. The highest BCUT2D eigenvalue weighted by Crippen LogP contribution is 2.41. The Labute approximate surface area is 94.6 Å². The second-order valence-electron chi connectivity index (χ2n) is 4.50. The number of alkyl halides is 1. The van der Waals surface area contributed by atoms with Crippen molar-refractivity contribution in [2.24, 2.45) is 0 Å². The SMILES string of the molecule is Nc1ccc(N2[C@H]3CCN2[C@H]3CCF)cc1. The molecule has 16 heavy (non-hydrogen) atoms. The van der Waals surface area contributed by atoms with Crippen molar-refractivity contribution in [3.63, 3.8) is 0 Å². The van der Waals surface area contributed by atoms with Gasteiger partial charge in [-0.15, -0.1) is 0 Å². The minimum atomic E-state index is -0.215. The summed E-state index contributed by atoms with van der Waals surface area (Å²) in [6.45, 7) is 0.840. The Kier molecular flexibility index (Phi) is 2.24. The average Bonchev–Trinajstić information content (AvgIpc) is 2.88. The molecular formula is C12H16FN3. The van der Waals surface area contributed by atoms with Crippen molar-refractivity contribution in [2.75, 3.05) is 24.0 Å². The van der Waals surface area contributed by atoms with Gasteiger partial charge in [0.05, 0.1) is 24.4 Å². The monoisotopic (exact) mass is 221 g/mol. The number of halogens is 1. The molecule has 1 aromatic carbocycles. The standard InChI is InChI=1S/C12H16FN3/c13-7-5-11-12-6-8-15(11)16(12)10-3-1-9(14)2-4-10/h1-4,11-12H,5-8,14H2/t11-,12-/m0/s1. The van der Waals surface area contributed by atoms with Crippen LogP contribution in [0.4, 0.5) is 15.8 Å². The lowest BCUT2D eigenvalue weighted by atomic mass is 10.0. The van der Waals surface area contributed by atoms with Crippen LogP contribution in [0.5, 0.6) is 0 Å². The van der Waals surface area contributed by atoms with Crippen LogP contribution in [0.1, 0.15) is 12.8 Å². The van der Waals surface area contributed by atoms with Gasteiger partial charge in [0.15, 0.2) is 0 Å². The fraction of sp³-hybridized carbons (Fsp3) is 0.500. The topological polar surface area (TPSA) is 32.5 Å². The first-order chi connectivity index (χ1) is 7.81. The second-order valence-corrected chi connectivity index (χ2v) is 4.50. The largest absolute Gasteiger partial charge is 0.399 e. The van der Waals surface area contributed by atoms with E-state index in [1.54, 1.807) is 0 Å². The Bertz CT molecular complexity index is 366. The van der Waals surface area contributed by atoms with Crippen molar-refractivity contribution >= 4 is 11.4 Å². The molecule has 3 atom stereocenters. The third-order valence-electron chi connectivity index (χ3n) is 3.63. The predicted molar refractivity (Wildman–Crippen MR) is 62.8 cm³/mol. The Morgan fingerprint density at radius 2 is 2.06 bits per heavy atom. The minimum absolute atomic E-state index is 0.215. The zero-order valence-electron chi connectivity index (χ0n) is 9.14. The maximum Gasteiger partial charge on any atom is 0.0910 e. The molecule has 3 nitrogen and oxygen atoms in total. The summed E-state index contributed by atoms with van der Waals surface area (Å²) in [5.74, 6) is 0. The van der Waals surface area contributed by atoms with Gasteiger partial charge in [0.2, 0.25) is 0 Å². The van der Waals surface area contributed by atoms with Crippen molar-refractivity contribution in [2.45, 2.75) is 24.9 Å². The lowest BCUT2D eigenvalue weighted by Crippen LogP contribution is -2.64. The smallest absolute Gasteiger partial charge is 0.0910 e. The van der Waals surface area contributed by atoms with Crippen LogP contribution in [0.15, 0.2) is 24.3 Å². The maximum absolute atomic E-state index is 12.4. The van der Waals surface area contributed by atoms with Crippen molar-refractivity contribution < 1.29 is 4.39 Å². The molecule has 4 rings (SSSR count). The van der Waals surface area contributed by atoms with Crippen molar-refractivity contribution in [3.05, 3.63) is 24.3 Å². The van der Waals surface area contributed by atoms with Gasteiger partial charge < -0.3 is 10.7 Å². The summed E-state index contributed by atoms with van der Waals surface area (Å²) in [4.78, 5) is 0. The summed E-state index contributed by atoms with van der Waals surface area (Å²) in [5, 5.41) is 4.55.